The quantitative estimate of drug-likeness (QED) is 0.386. The van der Waals surface area contributed by atoms with Crippen molar-refractivity contribution < 1.29 is 19.1 Å². The number of carbonyl (C=O) groups is 3. The molecule has 0 aromatic heterocycles. The summed E-state index contributed by atoms with van der Waals surface area (Å²) < 4.78 is 5.14. The van der Waals surface area contributed by atoms with E-state index in [1.807, 2.05) is 0 Å². The summed E-state index contributed by atoms with van der Waals surface area (Å²) in [6.45, 7) is 5.67. The second-order valence-electron chi connectivity index (χ2n) is 5.54. The smallest absolute Gasteiger partial charge is 0.320 e. The zero-order valence-corrected chi connectivity index (χ0v) is 13.7. The Morgan fingerprint density at radius 3 is 1.86 bits per heavy atom. The molecule has 0 N–H and O–H groups in total. The van der Waals surface area contributed by atoms with Gasteiger partial charge in [0.2, 0.25) is 0 Å². The van der Waals surface area contributed by atoms with Crippen LogP contribution in [0.25, 0.3) is 0 Å². The Hall–Kier alpha value is -1.23. The molecule has 0 aliphatic heterocycles. The van der Waals surface area contributed by atoms with E-state index >= 15 is 0 Å². The van der Waals surface area contributed by atoms with Gasteiger partial charge in [-0.2, -0.15) is 0 Å². The van der Waals surface area contributed by atoms with Gasteiger partial charge in [0.15, 0.2) is 0 Å². The molecule has 0 amide bonds. The van der Waals surface area contributed by atoms with Crippen LogP contribution < -0.4 is 0 Å². The molecule has 0 rings (SSSR count). The Kier molecular flexibility index (Phi) is 11.8. The SMILES string of the molecule is CCCCCCCCOC(=O)CN(CC(C)=O)CC(C)=O. The van der Waals surface area contributed by atoms with Gasteiger partial charge in [0.05, 0.1) is 26.2 Å². The van der Waals surface area contributed by atoms with Crippen LogP contribution in [0.15, 0.2) is 0 Å². The van der Waals surface area contributed by atoms with E-state index in [0.29, 0.717) is 6.61 Å². The molecule has 0 radical (unpaired) electrons. The highest BCUT2D eigenvalue weighted by Crippen LogP contribution is 2.05. The largest absolute Gasteiger partial charge is 0.465 e. The van der Waals surface area contributed by atoms with Crippen LogP contribution in [0.4, 0.5) is 0 Å². The summed E-state index contributed by atoms with van der Waals surface area (Å²) in [4.78, 5) is 35.4. The Bertz CT molecular complexity index is 312. The van der Waals surface area contributed by atoms with E-state index in [1.165, 1.54) is 44.4 Å². The van der Waals surface area contributed by atoms with E-state index in [2.05, 4.69) is 6.92 Å². The molecule has 0 spiro atoms. The van der Waals surface area contributed by atoms with Crippen LogP contribution in [0, 0.1) is 0 Å². The lowest BCUT2D eigenvalue weighted by Crippen LogP contribution is -2.37. The van der Waals surface area contributed by atoms with Gasteiger partial charge in [0.25, 0.3) is 0 Å². The predicted octanol–water partition coefficient (Wildman–Crippen LogP) is 2.37. The van der Waals surface area contributed by atoms with Crippen LogP contribution in [-0.4, -0.2) is 48.7 Å². The molecular formula is C16H29NO4. The van der Waals surface area contributed by atoms with Gasteiger partial charge in [-0.25, -0.2) is 0 Å². The maximum atomic E-state index is 11.7. The zero-order chi connectivity index (χ0) is 16.1. The van der Waals surface area contributed by atoms with Crippen LogP contribution in [-0.2, 0) is 19.1 Å². The first-order valence-corrected chi connectivity index (χ1v) is 7.82. The Morgan fingerprint density at radius 2 is 1.33 bits per heavy atom. The number of ketones is 2. The lowest BCUT2D eigenvalue weighted by atomic mass is 10.1. The van der Waals surface area contributed by atoms with Crippen LogP contribution in [0.2, 0.25) is 0 Å². The number of Topliss-reactive ketones (excluding diaryl/α,β-unsaturated/α-hetero) is 2. The molecule has 0 aromatic carbocycles. The number of unbranched alkanes of at least 4 members (excludes halogenated alkanes) is 5. The summed E-state index contributed by atoms with van der Waals surface area (Å²) in [5.41, 5.74) is 0. The van der Waals surface area contributed by atoms with E-state index < -0.39 is 0 Å². The molecule has 0 aliphatic rings. The summed E-state index contributed by atoms with van der Waals surface area (Å²) in [7, 11) is 0. The maximum Gasteiger partial charge on any atom is 0.320 e. The first kappa shape index (κ1) is 19.8. The van der Waals surface area contributed by atoms with Crippen molar-refractivity contribution in [2.45, 2.75) is 59.3 Å². The average Bonchev–Trinajstić information content (AvgIpc) is 2.36. The highest BCUT2D eigenvalue weighted by Gasteiger charge is 2.15. The van der Waals surface area contributed by atoms with Crippen LogP contribution in [0.1, 0.15) is 59.3 Å². The van der Waals surface area contributed by atoms with E-state index in [1.54, 1.807) is 0 Å². The summed E-state index contributed by atoms with van der Waals surface area (Å²) in [5.74, 6) is -0.508. The van der Waals surface area contributed by atoms with Crippen molar-refractivity contribution in [2.24, 2.45) is 0 Å². The molecule has 0 atom stereocenters. The third-order valence-electron chi connectivity index (χ3n) is 3.01. The molecule has 21 heavy (non-hydrogen) atoms. The van der Waals surface area contributed by atoms with Gasteiger partial charge < -0.3 is 4.74 Å². The molecular weight excluding hydrogens is 270 g/mol. The first-order chi connectivity index (χ1) is 9.95. The lowest BCUT2D eigenvalue weighted by Gasteiger charge is -2.18. The average molecular weight is 299 g/mol. The Labute approximate surface area is 128 Å². The van der Waals surface area contributed by atoms with Crippen molar-refractivity contribution in [1.29, 1.82) is 0 Å². The Morgan fingerprint density at radius 1 is 0.810 bits per heavy atom. The maximum absolute atomic E-state index is 11.7. The lowest BCUT2D eigenvalue weighted by molar-refractivity contribution is -0.145. The molecule has 5 nitrogen and oxygen atoms in total. The summed E-state index contributed by atoms with van der Waals surface area (Å²) >= 11 is 0. The molecule has 0 bridgehead atoms. The van der Waals surface area contributed by atoms with Crippen LogP contribution >= 0.6 is 0 Å². The highest BCUT2D eigenvalue weighted by molar-refractivity contribution is 5.82. The zero-order valence-electron chi connectivity index (χ0n) is 13.7. The summed E-state index contributed by atoms with van der Waals surface area (Å²) in [6, 6.07) is 0. The fraction of sp³-hybridized carbons (Fsp3) is 0.812. The number of ether oxygens (including phenoxy) is 1. The van der Waals surface area contributed by atoms with Gasteiger partial charge in [0.1, 0.15) is 11.6 Å². The van der Waals surface area contributed by atoms with Gasteiger partial charge >= 0.3 is 5.97 Å². The second-order valence-corrected chi connectivity index (χ2v) is 5.54. The minimum absolute atomic E-state index is 0.00497. The third kappa shape index (κ3) is 13.5. The molecule has 122 valence electrons. The van der Waals surface area contributed by atoms with E-state index in [4.69, 9.17) is 4.74 Å². The van der Waals surface area contributed by atoms with E-state index in [0.717, 1.165) is 12.8 Å². The number of hydrogen-bond donors (Lipinski definition) is 0. The fourth-order valence-corrected chi connectivity index (χ4v) is 2.09. The molecule has 0 unspecified atom stereocenters. The number of nitrogens with zero attached hydrogens (tertiary/aromatic N) is 1. The van der Waals surface area contributed by atoms with Crippen molar-refractivity contribution in [3.8, 4) is 0 Å². The third-order valence-corrected chi connectivity index (χ3v) is 3.01. The van der Waals surface area contributed by atoms with Gasteiger partial charge in [-0.3, -0.25) is 19.3 Å². The Balaban J connectivity index is 3.82. The second kappa shape index (κ2) is 12.5. The van der Waals surface area contributed by atoms with Gasteiger partial charge in [0, 0.05) is 0 Å². The van der Waals surface area contributed by atoms with E-state index in [9.17, 15) is 14.4 Å². The standard InChI is InChI=1S/C16H29NO4/c1-4-5-6-7-8-9-10-21-16(20)13-17(11-14(2)18)12-15(3)19/h4-13H2,1-3H3. The number of hydrogen-bond acceptors (Lipinski definition) is 5. The summed E-state index contributed by atoms with van der Waals surface area (Å²) in [5, 5.41) is 0. The van der Waals surface area contributed by atoms with Crippen molar-refractivity contribution in [2.75, 3.05) is 26.2 Å². The molecule has 0 heterocycles. The van der Waals surface area contributed by atoms with Gasteiger partial charge in [-0.1, -0.05) is 39.0 Å². The molecule has 0 aliphatic carbocycles. The number of carbonyl (C=O) groups excluding carboxylic acids is 3. The van der Waals surface area contributed by atoms with Crippen molar-refractivity contribution in [1.82, 2.24) is 4.90 Å². The van der Waals surface area contributed by atoms with E-state index in [-0.39, 0.29) is 37.2 Å². The number of rotatable bonds is 13. The van der Waals surface area contributed by atoms with Crippen molar-refractivity contribution >= 4 is 17.5 Å². The minimum atomic E-state index is -0.369. The molecule has 0 saturated heterocycles. The van der Waals surface area contributed by atoms with Crippen molar-refractivity contribution in [3.63, 3.8) is 0 Å². The van der Waals surface area contributed by atoms with Gasteiger partial charge in [-0.15, -0.1) is 0 Å². The van der Waals surface area contributed by atoms with Crippen LogP contribution in [0.5, 0.6) is 0 Å². The molecule has 0 aromatic rings. The monoisotopic (exact) mass is 299 g/mol. The van der Waals surface area contributed by atoms with Crippen molar-refractivity contribution in [3.05, 3.63) is 0 Å². The fourth-order valence-electron chi connectivity index (χ4n) is 2.09. The predicted molar refractivity (Wildman–Crippen MR) is 82.1 cm³/mol. The number of esters is 1. The van der Waals surface area contributed by atoms with Gasteiger partial charge in [-0.05, 0) is 20.3 Å². The molecule has 0 fully saturated rings. The highest BCUT2D eigenvalue weighted by atomic mass is 16.5. The first-order valence-electron chi connectivity index (χ1n) is 7.82. The minimum Gasteiger partial charge on any atom is -0.465 e. The molecule has 5 heteroatoms. The normalized spacial score (nSPS) is 10.7. The molecule has 0 saturated carbocycles. The summed E-state index contributed by atoms with van der Waals surface area (Å²) in [6.07, 6.45) is 6.82. The van der Waals surface area contributed by atoms with Crippen LogP contribution in [0.3, 0.4) is 0 Å². The topological polar surface area (TPSA) is 63.7 Å².